The summed E-state index contributed by atoms with van der Waals surface area (Å²) >= 11 is 2.74. The third-order valence-corrected chi connectivity index (χ3v) is 5.82. The average molecular weight is 431 g/mol. The molecular weight excluding hydrogens is 416 g/mol. The van der Waals surface area contributed by atoms with Crippen LogP contribution in [0.3, 0.4) is 0 Å². The molecule has 3 aromatic heterocycles. The Bertz CT molecular complexity index is 1350. The van der Waals surface area contributed by atoms with Crippen molar-refractivity contribution in [3.05, 3.63) is 88.0 Å². The number of hydrogen-bond donors (Lipinski definition) is 1. The number of hydrogen-bond acceptors (Lipinski definition) is 7. The van der Waals surface area contributed by atoms with Crippen LogP contribution in [0.15, 0.2) is 92.6 Å². The smallest absolute Gasteiger partial charge is 0.286 e. The molecule has 30 heavy (non-hydrogen) atoms. The molecule has 0 unspecified atom stereocenters. The van der Waals surface area contributed by atoms with Crippen LogP contribution < -0.4 is 5.56 Å². The monoisotopic (exact) mass is 430 g/mol. The van der Waals surface area contributed by atoms with Crippen molar-refractivity contribution >= 4 is 33.5 Å². The third kappa shape index (κ3) is 3.51. The van der Waals surface area contributed by atoms with Gasteiger partial charge in [-0.2, -0.15) is 4.68 Å². The van der Waals surface area contributed by atoms with E-state index in [-0.39, 0.29) is 11.2 Å². The van der Waals surface area contributed by atoms with Gasteiger partial charge in [-0.3, -0.25) is 9.89 Å². The number of azo groups is 1. The molecule has 9 heteroatoms. The second-order valence-electron chi connectivity index (χ2n) is 6.24. The number of rotatable bonds is 5. The normalized spacial score (nSPS) is 11.3. The summed E-state index contributed by atoms with van der Waals surface area (Å²) in [6.07, 6.45) is 1.65. The minimum Gasteiger partial charge on any atom is -0.286 e. The molecule has 5 aromatic rings. The second-order valence-corrected chi connectivity index (χ2v) is 7.95. The Hall–Kier alpha value is -3.69. The van der Waals surface area contributed by atoms with E-state index >= 15 is 0 Å². The van der Waals surface area contributed by atoms with Gasteiger partial charge in [0.25, 0.3) is 0 Å². The van der Waals surface area contributed by atoms with Crippen molar-refractivity contribution < 1.29 is 0 Å². The fraction of sp³-hybridized carbons (Fsp3) is 0. The highest BCUT2D eigenvalue weighted by Crippen LogP contribution is 2.30. The van der Waals surface area contributed by atoms with Crippen molar-refractivity contribution in [2.24, 2.45) is 10.2 Å². The topological polar surface area (TPSA) is 88.3 Å². The molecule has 0 aliphatic rings. The number of H-pyrrole nitrogens is 1. The summed E-state index contributed by atoms with van der Waals surface area (Å²) in [5.74, 6) is 0. The molecule has 5 rings (SSSR count). The molecule has 0 aliphatic heterocycles. The zero-order valence-electron chi connectivity index (χ0n) is 15.5. The fourth-order valence-corrected chi connectivity index (χ4v) is 4.17. The predicted molar refractivity (Wildman–Crippen MR) is 119 cm³/mol. The van der Waals surface area contributed by atoms with E-state index in [0.717, 1.165) is 16.8 Å². The summed E-state index contributed by atoms with van der Waals surface area (Å²) in [4.78, 5) is 21.9. The number of thiazole rings is 2. The molecule has 0 fully saturated rings. The first-order valence-corrected chi connectivity index (χ1v) is 10.8. The molecule has 0 saturated carbocycles. The van der Waals surface area contributed by atoms with Crippen LogP contribution in [0, 0.1) is 0 Å². The zero-order chi connectivity index (χ0) is 20.3. The van der Waals surface area contributed by atoms with Gasteiger partial charge in [0.1, 0.15) is 0 Å². The molecule has 0 amide bonds. The summed E-state index contributed by atoms with van der Waals surface area (Å²) in [6, 6.07) is 19.4. The Balaban J connectivity index is 1.62. The molecule has 3 heterocycles. The molecule has 0 spiro atoms. The molecule has 0 bridgehead atoms. The van der Waals surface area contributed by atoms with E-state index in [1.807, 2.05) is 71.4 Å². The zero-order valence-corrected chi connectivity index (χ0v) is 17.1. The lowest BCUT2D eigenvalue weighted by Gasteiger charge is -1.98. The summed E-state index contributed by atoms with van der Waals surface area (Å²) in [7, 11) is 0. The molecule has 0 atom stereocenters. The van der Waals surface area contributed by atoms with E-state index in [0.29, 0.717) is 16.0 Å². The highest BCUT2D eigenvalue weighted by Gasteiger charge is 2.19. The van der Waals surface area contributed by atoms with Gasteiger partial charge in [-0.15, -0.1) is 32.9 Å². The first kappa shape index (κ1) is 18.3. The van der Waals surface area contributed by atoms with Crippen LogP contribution in [-0.4, -0.2) is 19.7 Å². The van der Waals surface area contributed by atoms with Crippen molar-refractivity contribution in [2.45, 2.75) is 0 Å². The van der Waals surface area contributed by atoms with E-state index in [4.69, 9.17) is 0 Å². The predicted octanol–water partition coefficient (Wildman–Crippen LogP) is 5.83. The molecule has 0 aliphatic carbocycles. The van der Waals surface area contributed by atoms with Crippen molar-refractivity contribution in [1.82, 2.24) is 19.7 Å². The second kappa shape index (κ2) is 7.97. The lowest BCUT2D eigenvalue weighted by molar-refractivity contribution is 0.843. The lowest BCUT2D eigenvalue weighted by atomic mass is 10.1. The van der Waals surface area contributed by atoms with Gasteiger partial charge in [0.15, 0.2) is 5.69 Å². The van der Waals surface area contributed by atoms with Crippen LogP contribution in [0.25, 0.3) is 27.6 Å². The molecular formula is C21H14N6OS2. The highest BCUT2D eigenvalue weighted by molar-refractivity contribution is 7.13. The number of aromatic amines is 1. The van der Waals surface area contributed by atoms with Gasteiger partial charge in [-0.1, -0.05) is 60.7 Å². The number of nitrogens with one attached hydrogen (secondary N) is 1. The molecule has 146 valence electrons. The maximum Gasteiger partial charge on any atom is 0.301 e. The lowest BCUT2D eigenvalue weighted by Crippen LogP contribution is -2.13. The van der Waals surface area contributed by atoms with Crippen molar-refractivity contribution in [2.75, 3.05) is 0 Å². The summed E-state index contributed by atoms with van der Waals surface area (Å²) in [5.41, 5.74) is 3.12. The highest BCUT2D eigenvalue weighted by atomic mass is 32.1. The number of benzene rings is 2. The van der Waals surface area contributed by atoms with E-state index in [2.05, 4.69) is 25.3 Å². The quantitative estimate of drug-likeness (QED) is 0.356. The molecule has 1 N–H and O–H groups in total. The van der Waals surface area contributed by atoms with Crippen LogP contribution >= 0.6 is 22.7 Å². The van der Waals surface area contributed by atoms with Gasteiger partial charge in [-0.25, -0.2) is 9.97 Å². The number of nitrogens with zero attached hydrogens (tertiary/aromatic N) is 5. The molecule has 0 saturated heterocycles. The molecule has 2 aromatic carbocycles. The summed E-state index contributed by atoms with van der Waals surface area (Å²) in [5, 5.41) is 16.3. The van der Waals surface area contributed by atoms with Crippen molar-refractivity contribution in [3.63, 3.8) is 0 Å². The van der Waals surface area contributed by atoms with E-state index in [1.54, 1.807) is 6.20 Å². The minimum absolute atomic E-state index is 0.216. The summed E-state index contributed by atoms with van der Waals surface area (Å²) < 4.78 is 1.41. The van der Waals surface area contributed by atoms with Gasteiger partial charge in [0.2, 0.25) is 10.3 Å². The molecule has 0 radical (unpaired) electrons. The molecule has 7 nitrogen and oxygen atoms in total. The summed E-state index contributed by atoms with van der Waals surface area (Å²) in [6.45, 7) is 0. The van der Waals surface area contributed by atoms with Crippen LogP contribution in [0.2, 0.25) is 0 Å². The van der Waals surface area contributed by atoms with Gasteiger partial charge >= 0.3 is 5.56 Å². The SMILES string of the molecule is O=c1c(N=Nc2nccs2)c(-c2ccccc2)[nH]n1-c1nc(-c2ccccc2)cs1. The first-order valence-electron chi connectivity index (χ1n) is 9.02. The van der Waals surface area contributed by atoms with Gasteiger partial charge in [0.05, 0.1) is 11.4 Å². The first-order chi connectivity index (χ1) is 14.8. The van der Waals surface area contributed by atoms with Gasteiger partial charge < -0.3 is 0 Å². The van der Waals surface area contributed by atoms with Crippen LogP contribution in [0.5, 0.6) is 0 Å². The Labute approximate surface area is 179 Å². The standard InChI is InChI=1S/C21H14N6OS2/c28-19-18(24-25-20-22-11-12-29-20)17(15-9-5-2-6-10-15)26-27(19)21-23-16(13-30-21)14-7-3-1-4-8-14/h1-13,26H. The van der Waals surface area contributed by atoms with Crippen LogP contribution in [0.4, 0.5) is 10.8 Å². The van der Waals surface area contributed by atoms with Crippen molar-refractivity contribution in [3.8, 4) is 27.6 Å². The Kier molecular flexibility index (Phi) is 4.88. The Morgan fingerprint density at radius 3 is 2.33 bits per heavy atom. The van der Waals surface area contributed by atoms with Gasteiger partial charge in [0, 0.05) is 28.1 Å². The van der Waals surface area contributed by atoms with Crippen LogP contribution in [0.1, 0.15) is 0 Å². The Morgan fingerprint density at radius 2 is 1.63 bits per heavy atom. The maximum absolute atomic E-state index is 13.2. The van der Waals surface area contributed by atoms with Gasteiger partial charge in [-0.05, 0) is 0 Å². The van der Waals surface area contributed by atoms with E-state index in [1.165, 1.54) is 27.4 Å². The van der Waals surface area contributed by atoms with Crippen molar-refractivity contribution in [1.29, 1.82) is 0 Å². The Morgan fingerprint density at radius 1 is 0.900 bits per heavy atom. The van der Waals surface area contributed by atoms with Crippen LogP contribution in [-0.2, 0) is 0 Å². The average Bonchev–Trinajstić information content (AvgIpc) is 3.54. The number of aromatic nitrogens is 4. The van der Waals surface area contributed by atoms with E-state index in [9.17, 15) is 4.79 Å². The minimum atomic E-state index is -0.317. The maximum atomic E-state index is 13.2. The largest absolute Gasteiger partial charge is 0.301 e. The third-order valence-electron chi connectivity index (χ3n) is 4.34. The fourth-order valence-electron chi connectivity index (χ4n) is 2.93. The van der Waals surface area contributed by atoms with E-state index < -0.39 is 0 Å².